The molecule has 1 heterocycles. The van der Waals surface area contributed by atoms with Gasteiger partial charge in [0, 0.05) is 18.5 Å². The number of carboxylic acid groups (broad SMARTS) is 1. The number of nitrogens with one attached hydrogen (secondary N) is 1. The number of carboxylic acids is 1. The van der Waals surface area contributed by atoms with E-state index in [1.165, 1.54) is 6.92 Å². The maximum atomic E-state index is 10.9. The summed E-state index contributed by atoms with van der Waals surface area (Å²) in [5, 5.41) is 12.2. The van der Waals surface area contributed by atoms with E-state index in [-0.39, 0.29) is 34.3 Å². The lowest BCUT2D eigenvalue weighted by Crippen LogP contribution is -2.46. The second kappa shape index (κ2) is 11.8. The van der Waals surface area contributed by atoms with Gasteiger partial charge in [-0.25, -0.2) is 0 Å². The summed E-state index contributed by atoms with van der Waals surface area (Å²) >= 11 is 0. The standard InChI is InChI=1S/C13H17N3O2.ClH.4H2O/c1-13(14,12(17)18)8-9-2-4-10(5-3-9)11-15-6-7-16-11;;;;;/h2-5H,6-8,14H2,1H3,(H,15,16)(H,17,18);1H;4*1H2/t13-;;;;;/m1...../s1. The fraction of sp³-hybridized carbons (Fsp3) is 0.385. The highest BCUT2D eigenvalue weighted by Gasteiger charge is 2.27. The van der Waals surface area contributed by atoms with Crippen LogP contribution in [0, 0.1) is 0 Å². The Hall–Kier alpha value is -1.75. The van der Waals surface area contributed by atoms with Gasteiger partial charge in [-0.05, 0) is 12.5 Å². The van der Waals surface area contributed by atoms with E-state index in [0.717, 1.165) is 30.1 Å². The van der Waals surface area contributed by atoms with Crippen LogP contribution >= 0.6 is 12.4 Å². The Labute approximate surface area is 140 Å². The van der Waals surface area contributed by atoms with Crippen LogP contribution < -0.4 is 11.1 Å². The number of amidine groups is 1. The molecular formula is C13H26ClN3O6. The summed E-state index contributed by atoms with van der Waals surface area (Å²) in [4.78, 5) is 15.3. The highest BCUT2D eigenvalue weighted by Crippen LogP contribution is 2.13. The van der Waals surface area contributed by atoms with E-state index < -0.39 is 11.5 Å². The number of nitrogens with zero attached hydrogens (tertiary/aromatic N) is 1. The quantitative estimate of drug-likeness (QED) is 0.533. The molecule has 1 atom stereocenters. The van der Waals surface area contributed by atoms with Crippen molar-refractivity contribution in [3.63, 3.8) is 0 Å². The Balaban J connectivity index is -0.000000361. The predicted molar refractivity (Wildman–Crippen MR) is 91.5 cm³/mol. The first kappa shape index (κ1) is 29.3. The number of nitrogens with two attached hydrogens (primary N) is 1. The van der Waals surface area contributed by atoms with Gasteiger partial charge in [-0.1, -0.05) is 24.3 Å². The number of benzene rings is 1. The van der Waals surface area contributed by atoms with Crippen molar-refractivity contribution in [2.45, 2.75) is 18.9 Å². The van der Waals surface area contributed by atoms with Gasteiger partial charge in [-0.15, -0.1) is 12.4 Å². The molecule has 1 aliphatic heterocycles. The lowest BCUT2D eigenvalue weighted by atomic mass is 9.93. The molecule has 1 aromatic rings. The number of hydrogen-bond acceptors (Lipinski definition) is 4. The van der Waals surface area contributed by atoms with E-state index >= 15 is 0 Å². The zero-order valence-electron chi connectivity index (χ0n) is 12.7. The Kier molecular flexibility index (Phi) is 15.0. The monoisotopic (exact) mass is 355 g/mol. The highest BCUT2D eigenvalue weighted by molar-refractivity contribution is 5.99. The topological polar surface area (TPSA) is 214 Å². The molecule has 0 aliphatic carbocycles. The molecule has 0 radical (unpaired) electrons. The van der Waals surface area contributed by atoms with Gasteiger partial charge in [0.1, 0.15) is 11.4 Å². The Morgan fingerprint density at radius 1 is 1.26 bits per heavy atom. The first-order valence-electron chi connectivity index (χ1n) is 5.89. The van der Waals surface area contributed by atoms with E-state index in [2.05, 4.69) is 10.3 Å². The fourth-order valence-electron chi connectivity index (χ4n) is 1.87. The van der Waals surface area contributed by atoms with Gasteiger partial charge in [0.2, 0.25) is 0 Å². The molecule has 12 N–H and O–H groups in total. The average Bonchev–Trinajstić information content (AvgIpc) is 2.83. The number of aliphatic carboxylic acids is 1. The fourth-order valence-corrected chi connectivity index (χ4v) is 1.87. The van der Waals surface area contributed by atoms with Gasteiger partial charge >= 0.3 is 5.97 Å². The van der Waals surface area contributed by atoms with Crippen molar-refractivity contribution < 1.29 is 31.8 Å². The van der Waals surface area contributed by atoms with Crippen LogP contribution in [0.1, 0.15) is 18.1 Å². The lowest BCUT2D eigenvalue weighted by molar-refractivity contribution is -0.142. The minimum Gasteiger partial charge on any atom is -0.480 e. The third-order valence-corrected chi connectivity index (χ3v) is 2.96. The van der Waals surface area contributed by atoms with E-state index in [1.807, 2.05) is 24.3 Å². The van der Waals surface area contributed by atoms with Crippen LogP contribution in [0.15, 0.2) is 29.3 Å². The minimum atomic E-state index is -1.23. The molecule has 2 rings (SSSR count). The van der Waals surface area contributed by atoms with Crippen LogP contribution in [0.5, 0.6) is 0 Å². The van der Waals surface area contributed by atoms with Crippen LogP contribution in [0.2, 0.25) is 0 Å². The van der Waals surface area contributed by atoms with Gasteiger partial charge in [-0.2, -0.15) is 0 Å². The summed E-state index contributed by atoms with van der Waals surface area (Å²) in [6.07, 6.45) is 0.308. The van der Waals surface area contributed by atoms with Gasteiger partial charge < -0.3 is 38.1 Å². The molecule has 10 heteroatoms. The normalized spacial score (nSPS) is 13.9. The largest absolute Gasteiger partial charge is 0.480 e. The first-order valence-corrected chi connectivity index (χ1v) is 5.89. The molecule has 0 aromatic heterocycles. The van der Waals surface area contributed by atoms with Crippen LogP contribution in [-0.2, 0) is 11.2 Å². The number of carbonyl (C=O) groups is 1. The molecule has 0 amide bonds. The molecule has 0 saturated carbocycles. The third-order valence-electron chi connectivity index (χ3n) is 2.96. The maximum Gasteiger partial charge on any atom is 0.323 e. The summed E-state index contributed by atoms with van der Waals surface area (Å²) in [7, 11) is 0. The van der Waals surface area contributed by atoms with Crippen LogP contribution in [0.4, 0.5) is 0 Å². The van der Waals surface area contributed by atoms with Crippen molar-refractivity contribution in [3.05, 3.63) is 35.4 Å². The predicted octanol–water partition coefficient (Wildman–Crippen LogP) is -2.50. The van der Waals surface area contributed by atoms with Crippen molar-refractivity contribution in [3.8, 4) is 0 Å². The van der Waals surface area contributed by atoms with Crippen LogP contribution in [-0.4, -0.2) is 57.4 Å². The van der Waals surface area contributed by atoms with Gasteiger partial charge in [0.25, 0.3) is 0 Å². The number of hydrogen-bond donors (Lipinski definition) is 3. The lowest BCUT2D eigenvalue weighted by Gasteiger charge is -2.19. The molecule has 9 nitrogen and oxygen atoms in total. The smallest absolute Gasteiger partial charge is 0.323 e. The molecule has 0 unspecified atom stereocenters. The van der Waals surface area contributed by atoms with Crippen molar-refractivity contribution in [2.24, 2.45) is 10.7 Å². The van der Waals surface area contributed by atoms with E-state index in [1.54, 1.807) is 0 Å². The molecule has 1 aliphatic rings. The Morgan fingerprint density at radius 2 is 1.78 bits per heavy atom. The molecule has 0 saturated heterocycles. The van der Waals surface area contributed by atoms with E-state index in [9.17, 15) is 4.79 Å². The minimum absolute atomic E-state index is 0. The Bertz CT molecular complexity index is 493. The van der Waals surface area contributed by atoms with Crippen LogP contribution in [0.25, 0.3) is 0 Å². The number of aliphatic imine (C=N–C) groups is 1. The second-order valence-corrected chi connectivity index (χ2v) is 4.75. The zero-order valence-corrected chi connectivity index (χ0v) is 13.5. The summed E-state index contributed by atoms with van der Waals surface area (Å²) in [6, 6.07) is 7.66. The number of halogens is 1. The van der Waals surface area contributed by atoms with Gasteiger partial charge in [0.15, 0.2) is 0 Å². The molecule has 0 fully saturated rings. The van der Waals surface area contributed by atoms with Crippen molar-refractivity contribution in [1.29, 1.82) is 0 Å². The number of rotatable bonds is 4. The molecule has 0 spiro atoms. The average molecular weight is 356 g/mol. The van der Waals surface area contributed by atoms with Crippen molar-refractivity contribution in [1.82, 2.24) is 5.32 Å². The first-order chi connectivity index (χ1) is 8.49. The third kappa shape index (κ3) is 7.37. The molecule has 23 heavy (non-hydrogen) atoms. The summed E-state index contributed by atoms with van der Waals surface area (Å²) < 4.78 is 0. The molecule has 1 aromatic carbocycles. The molecular weight excluding hydrogens is 330 g/mol. The van der Waals surface area contributed by atoms with E-state index in [0.29, 0.717) is 6.42 Å². The summed E-state index contributed by atoms with van der Waals surface area (Å²) in [5.41, 5.74) is 6.41. The molecule has 136 valence electrons. The summed E-state index contributed by atoms with van der Waals surface area (Å²) in [5.74, 6) is -0.0938. The van der Waals surface area contributed by atoms with Crippen molar-refractivity contribution >= 4 is 24.2 Å². The van der Waals surface area contributed by atoms with Crippen molar-refractivity contribution in [2.75, 3.05) is 13.1 Å². The van der Waals surface area contributed by atoms with E-state index in [4.69, 9.17) is 10.8 Å². The van der Waals surface area contributed by atoms with Crippen LogP contribution in [0.3, 0.4) is 0 Å². The second-order valence-electron chi connectivity index (χ2n) is 4.75. The highest BCUT2D eigenvalue weighted by atomic mass is 35.5. The van der Waals surface area contributed by atoms with Gasteiger partial charge in [-0.3, -0.25) is 9.79 Å². The SMILES string of the molecule is C[C@@](N)(Cc1ccc(C2=NCCN2)cc1)C(=O)O.Cl.O.O.O.O. The summed E-state index contributed by atoms with van der Waals surface area (Å²) in [6.45, 7) is 3.19. The molecule has 0 bridgehead atoms. The Morgan fingerprint density at radius 3 is 2.17 bits per heavy atom. The maximum absolute atomic E-state index is 10.9. The zero-order chi connectivity index (χ0) is 13.2. The van der Waals surface area contributed by atoms with Gasteiger partial charge in [0.05, 0.1) is 6.54 Å².